The molecule has 0 fully saturated rings. The summed E-state index contributed by atoms with van der Waals surface area (Å²) in [4.78, 5) is 32.9. The number of carbonyl (C=O) groups is 1. The lowest BCUT2D eigenvalue weighted by Gasteiger charge is -2.12. The maximum absolute atomic E-state index is 12.2. The Bertz CT molecular complexity index is 815. The summed E-state index contributed by atoms with van der Waals surface area (Å²) >= 11 is 5.75. The van der Waals surface area contributed by atoms with Crippen LogP contribution >= 0.6 is 11.6 Å². The van der Waals surface area contributed by atoms with Gasteiger partial charge in [-0.15, -0.1) is 0 Å². The van der Waals surface area contributed by atoms with Crippen LogP contribution in [0.15, 0.2) is 24.5 Å². The molecule has 0 aliphatic heterocycles. The molecule has 1 heterocycles. The molecule has 0 aliphatic carbocycles. The number of nitro benzene ring substituents is 2. The van der Waals surface area contributed by atoms with Gasteiger partial charge >= 0.3 is 0 Å². The van der Waals surface area contributed by atoms with E-state index in [2.05, 4.69) is 10.4 Å². The molecular weight excluding hydrogens is 354 g/mol. The van der Waals surface area contributed by atoms with E-state index in [0.717, 1.165) is 12.1 Å². The molecule has 0 bridgehead atoms. The molecule has 11 heteroatoms. The SMILES string of the molecule is Cc1c([N+](=O)[O-])cc(NC(=O)C(C)Cn2cc(Cl)cn2)cc1[N+](=O)[O-]. The van der Waals surface area contributed by atoms with E-state index in [1.165, 1.54) is 17.8 Å². The van der Waals surface area contributed by atoms with Crippen molar-refractivity contribution in [1.29, 1.82) is 0 Å². The zero-order valence-electron chi connectivity index (χ0n) is 13.3. The second-order valence-electron chi connectivity index (χ2n) is 5.42. The predicted octanol–water partition coefficient (Wildman–Crippen LogP) is 2.94. The van der Waals surface area contributed by atoms with Crippen LogP contribution in [0.25, 0.3) is 0 Å². The molecule has 0 saturated heterocycles. The molecule has 2 aromatic rings. The van der Waals surface area contributed by atoms with E-state index < -0.39 is 33.0 Å². The summed E-state index contributed by atoms with van der Waals surface area (Å²) in [6, 6.07) is 2.19. The third-order valence-electron chi connectivity index (χ3n) is 3.52. The number of nitrogens with zero attached hydrogens (tertiary/aromatic N) is 4. The Hall–Kier alpha value is -3.01. The first kappa shape index (κ1) is 18.3. The zero-order chi connectivity index (χ0) is 18.7. The van der Waals surface area contributed by atoms with Crippen LogP contribution in [0.4, 0.5) is 17.1 Å². The number of aromatic nitrogens is 2. The van der Waals surface area contributed by atoms with E-state index in [4.69, 9.17) is 11.6 Å². The van der Waals surface area contributed by atoms with Crippen molar-refractivity contribution in [1.82, 2.24) is 9.78 Å². The maximum Gasteiger partial charge on any atom is 0.281 e. The Kier molecular flexibility index (Phi) is 5.32. The third-order valence-corrected chi connectivity index (χ3v) is 3.72. The first-order valence-electron chi connectivity index (χ1n) is 7.11. The number of anilines is 1. The Morgan fingerprint density at radius 1 is 1.32 bits per heavy atom. The quantitative estimate of drug-likeness (QED) is 0.616. The molecule has 25 heavy (non-hydrogen) atoms. The molecule has 0 saturated carbocycles. The van der Waals surface area contributed by atoms with Crippen LogP contribution < -0.4 is 5.32 Å². The van der Waals surface area contributed by atoms with Crippen molar-refractivity contribution in [2.75, 3.05) is 5.32 Å². The Balaban J connectivity index is 2.22. The molecule has 1 N–H and O–H groups in total. The fourth-order valence-corrected chi connectivity index (χ4v) is 2.36. The highest BCUT2D eigenvalue weighted by Crippen LogP contribution is 2.31. The normalized spacial score (nSPS) is 11.8. The summed E-state index contributed by atoms with van der Waals surface area (Å²) in [5, 5.41) is 29.0. The predicted molar refractivity (Wildman–Crippen MR) is 89.5 cm³/mol. The number of amides is 1. The Morgan fingerprint density at radius 2 is 1.88 bits per heavy atom. The van der Waals surface area contributed by atoms with Gasteiger partial charge < -0.3 is 5.32 Å². The average Bonchev–Trinajstić information content (AvgIpc) is 2.93. The lowest BCUT2D eigenvalue weighted by Crippen LogP contribution is -2.24. The Labute approximate surface area is 146 Å². The van der Waals surface area contributed by atoms with Crippen molar-refractivity contribution in [3.8, 4) is 0 Å². The highest BCUT2D eigenvalue weighted by atomic mass is 35.5. The van der Waals surface area contributed by atoms with Crippen LogP contribution in [-0.4, -0.2) is 25.5 Å². The molecule has 10 nitrogen and oxygen atoms in total. The number of benzene rings is 1. The Morgan fingerprint density at radius 3 is 2.32 bits per heavy atom. The van der Waals surface area contributed by atoms with Gasteiger partial charge in [-0.25, -0.2) is 0 Å². The first-order chi connectivity index (χ1) is 11.7. The van der Waals surface area contributed by atoms with Crippen LogP contribution in [0.1, 0.15) is 12.5 Å². The minimum atomic E-state index is -0.729. The monoisotopic (exact) mass is 367 g/mol. The number of halogens is 1. The van der Waals surface area contributed by atoms with Gasteiger partial charge in [0.1, 0.15) is 5.56 Å². The minimum Gasteiger partial charge on any atom is -0.325 e. The summed E-state index contributed by atoms with van der Waals surface area (Å²) in [5.41, 5.74) is -0.960. The number of nitro groups is 2. The fraction of sp³-hybridized carbons (Fsp3) is 0.286. The van der Waals surface area contributed by atoms with Gasteiger partial charge in [-0.1, -0.05) is 18.5 Å². The average molecular weight is 368 g/mol. The lowest BCUT2D eigenvalue weighted by atomic mass is 10.1. The van der Waals surface area contributed by atoms with E-state index in [-0.39, 0.29) is 17.8 Å². The smallest absolute Gasteiger partial charge is 0.281 e. The zero-order valence-corrected chi connectivity index (χ0v) is 14.1. The third kappa shape index (κ3) is 4.29. The van der Waals surface area contributed by atoms with Crippen LogP contribution in [0.3, 0.4) is 0 Å². The van der Waals surface area contributed by atoms with E-state index in [9.17, 15) is 25.0 Å². The van der Waals surface area contributed by atoms with Gasteiger partial charge in [0.05, 0.1) is 39.2 Å². The molecule has 1 atom stereocenters. The standard InChI is InChI=1S/C14H14ClN5O5/c1-8(6-18-7-10(15)5-16-18)14(21)17-11-3-12(19(22)23)9(2)13(4-11)20(24)25/h3-5,7-8H,6H2,1-2H3,(H,17,21). The van der Waals surface area contributed by atoms with Gasteiger partial charge in [0.2, 0.25) is 5.91 Å². The van der Waals surface area contributed by atoms with E-state index in [1.54, 1.807) is 13.1 Å². The van der Waals surface area contributed by atoms with Crippen LogP contribution in [0.2, 0.25) is 5.02 Å². The number of rotatable bonds is 6. The number of hydrogen-bond donors (Lipinski definition) is 1. The summed E-state index contributed by atoms with van der Waals surface area (Å²) in [6.07, 6.45) is 2.98. The highest BCUT2D eigenvalue weighted by Gasteiger charge is 2.24. The van der Waals surface area contributed by atoms with Gasteiger partial charge in [0.15, 0.2) is 0 Å². The molecular formula is C14H14ClN5O5. The van der Waals surface area contributed by atoms with E-state index in [1.807, 2.05) is 0 Å². The van der Waals surface area contributed by atoms with Crippen molar-refractivity contribution < 1.29 is 14.6 Å². The second kappa shape index (κ2) is 7.26. The van der Waals surface area contributed by atoms with Crippen LogP contribution in [0, 0.1) is 33.1 Å². The molecule has 1 unspecified atom stereocenters. The fourth-order valence-electron chi connectivity index (χ4n) is 2.20. The summed E-state index contributed by atoms with van der Waals surface area (Å²) in [6.45, 7) is 3.14. The largest absolute Gasteiger partial charge is 0.325 e. The molecule has 2 rings (SSSR count). The number of carbonyl (C=O) groups excluding carboxylic acids is 1. The van der Waals surface area contributed by atoms with Crippen molar-refractivity contribution in [2.24, 2.45) is 5.92 Å². The lowest BCUT2D eigenvalue weighted by molar-refractivity contribution is -0.395. The maximum atomic E-state index is 12.2. The van der Waals surface area contributed by atoms with Crippen molar-refractivity contribution in [3.63, 3.8) is 0 Å². The van der Waals surface area contributed by atoms with Gasteiger partial charge in [0, 0.05) is 18.3 Å². The first-order valence-corrected chi connectivity index (χ1v) is 7.49. The summed E-state index contributed by atoms with van der Waals surface area (Å²) in [5.74, 6) is -1.01. The minimum absolute atomic E-state index is 0.0145. The molecule has 0 aliphatic rings. The number of nitrogens with one attached hydrogen (secondary N) is 1. The molecule has 132 valence electrons. The molecule has 0 spiro atoms. The second-order valence-corrected chi connectivity index (χ2v) is 5.86. The van der Waals surface area contributed by atoms with E-state index >= 15 is 0 Å². The summed E-state index contributed by atoms with van der Waals surface area (Å²) in [7, 11) is 0. The molecule has 1 aromatic carbocycles. The van der Waals surface area contributed by atoms with Gasteiger partial charge in [-0.3, -0.25) is 29.7 Å². The van der Waals surface area contributed by atoms with Gasteiger partial charge in [0.25, 0.3) is 11.4 Å². The van der Waals surface area contributed by atoms with Crippen molar-refractivity contribution in [3.05, 3.63) is 55.3 Å². The van der Waals surface area contributed by atoms with Crippen LogP contribution in [0.5, 0.6) is 0 Å². The molecule has 1 amide bonds. The van der Waals surface area contributed by atoms with Gasteiger partial charge in [-0.05, 0) is 6.92 Å². The van der Waals surface area contributed by atoms with Gasteiger partial charge in [-0.2, -0.15) is 5.10 Å². The molecule has 0 radical (unpaired) electrons. The van der Waals surface area contributed by atoms with E-state index in [0.29, 0.717) is 5.02 Å². The highest BCUT2D eigenvalue weighted by molar-refractivity contribution is 6.30. The summed E-state index contributed by atoms with van der Waals surface area (Å²) < 4.78 is 1.48. The van der Waals surface area contributed by atoms with Crippen molar-refractivity contribution >= 4 is 34.6 Å². The van der Waals surface area contributed by atoms with Crippen molar-refractivity contribution in [2.45, 2.75) is 20.4 Å². The molecule has 1 aromatic heterocycles. The number of hydrogen-bond acceptors (Lipinski definition) is 6. The topological polar surface area (TPSA) is 133 Å². The van der Waals surface area contributed by atoms with Crippen LogP contribution in [-0.2, 0) is 11.3 Å².